The van der Waals surface area contributed by atoms with E-state index in [9.17, 15) is 4.79 Å². The molecule has 3 nitrogen and oxygen atoms in total. The van der Waals surface area contributed by atoms with Gasteiger partial charge in [0.15, 0.2) is 0 Å². The molecule has 1 aliphatic heterocycles. The molecular formula is C11H22N2O. The Morgan fingerprint density at radius 1 is 1.50 bits per heavy atom. The minimum absolute atomic E-state index is 0.141. The molecule has 1 aliphatic rings. The van der Waals surface area contributed by atoms with Gasteiger partial charge < -0.3 is 10.6 Å². The molecular weight excluding hydrogens is 176 g/mol. The van der Waals surface area contributed by atoms with Gasteiger partial charge >= 0.3 is 0 Å². The van der Waals surface area contributed by atoms with Crippen molar-refractivity contribution in [2.75, 3.05) is 6.54 Å². The van der Waals surface area contributed by atoms with E-state index >= 15 is 0 Å². The molecule has 0 aromatic carbocycles. The van der Waals surface area contributed by atoms with Crippen molar-refractivity contribution < 1.29 is 4.79 Å². The Labute approximate surface area is 86.6 Å². The van der Waals surface area contributed by atoms with Gasteiger partial charge in [-0.3, -0.25) is 4.79 Å². The van der Waals surface area contributed by atoms with E-state index in [0.717, 1.165) is 25.8 Å². The normalized spacial score (nSPS) is 25.6. The highest BCUT2D eigenvalue weighted by Crippen LogP contribution is 2.17. The maximum Gasteiger partial charge on any atom is 0.239 e. The molecule has 2 atom stereocenters. The second-order valence-corrected chi connectivity index (χ2v) is 4.24. The van der Waals surface area contributed by atoms with E-state index < -0.39 is 0 Å². The van der Waals surface area contributed by atoms with Crippen LogP contribution in [0.25, 0.3) is 0 Å². The van der Waals surface area contributed by atoms with Gasteiger partial charge in [-0.15, -0.1) is 0 Å². The van der Waals surface area contributed by atoms with Crippen LogP contribution in [-0.4, -0.2) is 29.4 Å². The molecule has 0 aromatic rings. The Morgan fingerprint density at radius 2 is 2.21 bits per heavy atom. The number of carbonyl (C=O) groups is 1. The molecule has 0 radical (unpaired) electrons. The van der Waals surface area contributed by atoms with E-state index in [1.807, 2.05) is 11.8 Å². The summed E-state index contributed by atoms with van der Waals surface area (Å²) < 4.78 is 0. The minimum Gasteiger partial charge on any atom is -0.339 e. The molecule has 1 fully saturated rings. The van der Waals surface area contributed by atoms with E-state index in [-0.39, 0.29) is 11.9 Å². The van der Waals surface area contributed by atoms with Crippen molar-refractivity contribution >= 4 is 5.91 Å². The number of nitrogens with two attached hydrogens (primary N) is 1. The number of likely N-dealkylation sites (tertiary alicyclic amines) is 1. The number of nitrogens with zero attached hydrogens (tertiary/aromatic N) is 1. The number of hydrogen-bond donors (Lipinski definition) is 1. The molecule has 0 spiro atoms. The Balaban J connectivity index is 2.58. The summed E-state index contributed by atoms with van der Waals surface area (Å²) in [7, 11) is 0. The highest BCUT2D eigenvalue weighted by Gasteiger charge is 2.24. The number of carbonyl (C=O) groups excluding carboxylic acids is 1. The van der Waals surface area contributed by atoms with Gasteiger partial charge in [0.1, 0.15) is 0 Å². The molecule has 1 rings (SSSR count). The molecule has 1 saturated heterocycles. The highest BCUT2D eigenvalue weighted by atomic mass is 16.2. The predicted octanol–water partition coefficient (Wildman–Crippen LogP) is 1.51. The molecule has 0 saturated carbocycles. The summed E-state index contributed by atoms with van der Waals surface area (Å²) in [5.41, 5.74) is 5.77. The van der Waals surface area contributed by atoms with Crippen LogP contribution in [0.1, 0.15) is 46.0 Å². The molecule has 1 amide bonds. The van der Waals surface area contributed by atoms with Gasteiger partial charge in [0.25, 0.3) is 0 Å². The van der Waals surface area contributed by atoms with E-state index in [4.69, 9.17) is 5.73 Å². The average molecular weight is 198 g/mol. The summed E-state index contributed by atoms with van der Waals surface area (Å²) in [5, 5.41) is 0. The van der Waals surface area contributed by atoms with Crippen LogP contribution < -0.4 is 5.73 Å². The number of amides is 1. The van der Waals surface area contributed by atoms with Gasteiger partial charge in [0, 0.05) is 12.6 Å². The molecule has 14 heavy (non-hydrogen) atoms. The molecule has 1 heterocycles. The van der Waals surface area contributed by atoms with Gasteiger partial charge in [0.05, 0.1) is 6.04 Å². The Morgan fingerprint density at radius 3 is 2.86 bits per heavy atom. The van der Waals surface area contributed by atoms with Crippen molar-refractivity contribution in [1.82, 2.24) is 4.90 Å². The van der Waals surface area contributed by atoms with Crippen molar-refractivity contribution in [3.8, 4) is 0 Å². The van der Waals surface area contributed by atoms with Crippen molar-refractivity contribution in [2.24, 2.45) is 5.73 Å². The molecule has 82 valence electrons. The van der Waals surface area contributed by atoms with Crippen LogP contribution in [0.5, 0.6) is 0 Å². The zero-order valence-electron chi connectivity index (χ0n) is 9.33. The first kappa shape index (κ1) is 11.5. The van der Waals surface area contributed by atoms with Gasteiger partial charge in [-0.2, -0.15) is 0 Å². The molecule has 0 aromatic heterocycles. The summed E-state index contributed by atoms with van der Waals surface area (Å²) in [4.78, 5) is 13.9. The number of rotatable bonds is 2. The zero-order chi connectivity index (χ0) is 10.6. The second kappa shape index (κ2) is 5.35. The van der Waals surface area contributed by atoms with Gasteiger partial charge in [-0.05, 0) is 26.2 Å². The van der Waals surface area contributed by atoms with Crippen LogP contribution in [0, 0.1) is 0 Å². The molecule has 0 aliphatic carbocycles. The van der Waals surface area contributed by atoms with E-state index in [2.05, 4.69) is 6.92 Å². The standard InChI is InChI=1S/C11H22N2O/c1-3-10(12)11(14)13-8-6-4-5-7-9(13)2/h9-10H,3-8,12H2,1-2H3/t9?,10-/m1/s1. The highest BCUT2D eigenvalue weighted by molar-refractivity contribution is 5.81. The quantitative estimate of drug-likeness (QED) is 0.731. The molecule has 2 N–H and O–H groups in total. The van der Waals surface area contributed by atoms with Gasteiger partial charge in [0.2, 0.25) is 5.91 Å². The lowest BCUT2D eigenvalue weighted by atomic mass is 10.1. The lowest BCUT2D eigenvalue weighted by Crippen LogP contribution is -2.47. The van der Waals surface area contributed by atoms with Crippen LogP contribution in [0.15, 0.2) is 0 Å². The SMILES string of the molecule is CC[C@@H](N)C(=O)N1CCCCCC1C. The van der Waals surface area contributed by atoms with E-state index in [1.165, 1.54) is 12.8 Å². The predicted molar refractivity (Wildman–Crippen MR) is 57.9 cm³/mol. The minimum atomic E-state index is -0.296. The van der Waals surface area contributed by atoms with E-state index in [0.29, 0.717) is 6.04 Å². The molecule has 3 heteroatoms. The third-order valence-electron chi connectivity index (χ3n) is 3.09. The lowest BCUT2D eigenvalue weighted by Gasteiger charge is -2.29. The fourth-order valence-electron chi connectivity index (χ4n) is 1.99. The Bertz CT molecular complexity index is 194. The van der Waals surface area contributed by atoms with Crippen molar-refractivity contribution in [2.45, 2.75) is 58.0 Å². The second-order valence-electron chi connectivity index (χ2n) is 4.24. The Kier molecular flexibility index (Phi) is 4.39. The maximum absolute atomic E-state index is 11.9. The fraction of sp³-hybridized carbons (Fsp3) is 0.909. The lowest BCUT2D eigenvalue weighted by molar-refractivity contribution is -0.134. The van der Waals surface area contributed by atoms with Gasteiger partial charge in [-0.1, -0.05) is 19.8 Å². The zero-order valence-corrected chi connectivity index (χ0v) is 9.33. The van der Waals surface area contributed by atoms with E-state index in [1.54, 1.807) is 0 Å². The van der Waals surface area contributed by atoms with Crippen molar-refractivity contribution in [3.05, 3.63) is 0 Å². The first-order valence-electron chi connectivity index (χ1n) is 5.73. The summed E-state index contributed by atoms with van der Waals surface area (Å²) in [6.45, 7) is 4.99. The summed E-state index contributed by atoms with van der Waals surface area (Å²) in [6.07, 6.45) is 5.48. The summed E-state index contributed by atoms with van der Waals surface area (Å²) in [6, 6.07) is 0.0816. The largest absolute Gasteiger partial charge is 0.339 e. The molecule has 0 bridgehead atoms. The smallest absolute Gasteiger partial charge is 0.239 e. The molecule has 1 unspecified atom stereocenters. The first-order valence-corrected chi connectivity index (χ1v) is 5.73. The van der Waals surface area contributed by atoms with Crippen LogP contribution >= 0.6 is 0 Å². The average Bonchev–Trinajstić information content (AvgIpc) is 2.40. The van der Waals surface area contributed by atoms with Gasteiger partial charge in [-0.25, -0.2) is 0 Å². The third-order valence-corrected chi connectivity index (χ3v) is 3.09. The fourth-order valence-corrected chi connectivity index (χ4v) is 1.99. The van der Waals surface area contributed by atoms with Crippen LogP contribution in [0.4, 0.5) is 0 Å². The Hall–Kier alpha value is -0.570. The topological polar surface area (TPSA) is 46.3 Å². The summed E-state index contributed by atoms with van der Waals surface area (Å²) in [5.74, 6) is 0.141. The van der Waals surface area contributed by atoms with Crippen LogP contribution in [0.2, 0.25) is 0 Å². The summed E-state index contributed by atoms with van der Waals surface area (Å²) >= 11 is 0. The first-order chi connectivity index (χ1) is 6.66. The van der Waals surface area contributed by atoms with Crippen molar-refractivity contribution in [3.63, 3.8) is 0 Å². The van der Waals surface area contributed by atoms with Crippen LogP contribution in [0.3, 0.4) is 0 Å². The van der Waals surface area contributed by atoms with Crippen molar-refractivity contribution in [1.29, 1.82) is 0 Å². The number of hydrogen-bond acceptors (Lipinski definition) is 2. The maximum atomic E-state index is 11.9. The van der Waals surface area contributed by atoms with Crippen LogP contribution in [-0.2, 0) is 4.79 Å². The monoisotopic (exact) mass is 198 g/mol. The third kappa shape index (κ3) is 2.71.